The lowest BCUT2D eigenvalue weighted by Gasteiger charge is -2.38. The van der Waals surface area contributed by atoms with Crippen molar-refractivity contribution >= 4 is 0 Å². The van der Waals surface area contributed by atoms with Crippen LogP contribution in [0.15, 0.2) is 18.2 Å². The number of nitrogens with zero attached hydrogens (tertiary/aromatic N) is 2. The molecule has 1 aliphatic carbocycles. The lowest BCUT2D eigenvalue weighted by Crippen LogP contribution is -2.49. The summed E-state index contributed by atoms with van der Waals surface area (Å²) in [5.74, 6) is 1.77. The van der Waals surface area contributed by atoms with Gasteiger partial charge in [-0.1, -0.05) is 19.9 Å². The Kier molecular flexibility index (Phi) is 3.98. The maximum atomic E-state index is 5.48. The molecule has 4 rings (SSSR count). The third-order valence-corrected chi connectivity index (χ3v) is 5.71. The van der Waals surface area contributed by atoms with E-state index in [9.17, 15) is 0 Å². The minimum atomic E-state index is 0.356. The number of benzene rings is 1. The van der Waals surface area contributed by atoms with Gasteiger partial charge in [0.15, 0.2) is 11.5 Å². The van der Waals surface area contributed by atoms with Gasteiger partial charge in [0.25, 0.3) is 0 Å². The third-order valence-electron chi connectivity index (χ3n) is 5.71. The first-order valence-corrected chi connectivity index (χ1v) is 8.94. The van der Waals surface area contributed by atoms with Crippen LogP contribution < -0.4 is 9.47 Å². The second-order valence-corrected chi connectivity index (χ2v) is 8.06. The van der Waals surface area contributed by atoms with E-state index >= 15 is 0 Å². The molecule has 2 fully saturated rings. The van der Waals surface area contributed by atoms with Crippen LogP contribution in [0.1, 0.15) is 38.7 Å². The Morgan fingerprint density at radius 2 is 1.87 bits per heavy atom. The van der Waals surface area contributed by atoms with E-state index in [-0.39, 0.29) is 0 Å². The van der Waals surface area contributed by atoms with Crippen molar-refractivity contribution in [1.29, 1.82) is 0 Å². The highest BCUT2D eigenvalue weighted by Gasteiger charge is 2.35. The summed E-state index contributed by atoms with van der Waals surface area (Å²) < 4.78 is 10.9. The third kappa shape index (κ3) is 3.33. The fraction of sp³-hybridized carbons (Fsp3) is 0.684. The summed E-state index contributed by atoms with van der Waals surface area (Å²) in [6.45, 7) is 11.0. The first-order valence-electron chi connectivity index (χ1n) is 8.94. The predicted octanol–water partition coefficient (Wildman–Crippen LogP) is 3.11. The van der Waals surface area contributed by atoms with Crippen LogP contribution in [-0.2, 0) is 6.54 Å². The SMILES string of the molecule is CC1(C)CCC(N2CCN(Cc3ccc4c(c3)OCO4)CC2)C1. The molecule has 0 N–H and O–H groups in total. The van der Waals surface area contributed by atoms with Gasteiger partial charge in [-0.05, 0) is 42.4 Å². The van der Waals surface area contributed by atoms with E-state index in [2.05, 4.69) is 35.8 Å². The van der Waals surface area contributed by atoms with Crippen molar-refractivity contribution < 1.29 is 9.47 Å². The zero-order valence-corrected chi connectivity index (χ0v) is 14.4. The molecule has 0 bridgehead atoms. The van der Waals surface area contributed by atoms with Crippen LogP contribution in [0.4, 0.5) is 0 Å². The highest BCUT2D eigenvalue weighted by atomic mass is 16.7. The van der Waals surface area contributed by atoms with Gasteiger partial charge in [-0.2, -0.15) is 0 Å². The molecule has 3 aliphatic rings. The van der Waals surface area contributed by atoms with Gasteiger partial charge in [0, 0.05) is 38.8 Å². The van der Waals surface area contributed by atoms with E-state index in [1.165, 1.54) is 51.0 Å². The van der Waals surface area contributed by atoms with Crippen LogP contribution in [0.2, 0.25) is 0 Å². The Bertz CT molecular complexity index is 564. The Hall–Kier alpha value is -1.26. The van der Waals surface area contributed by atoms with E-state index in [1.54, 1.807) is 0 Å². The van der Waals surface area contributed by atoms with E-state index in [1.807, 2.05) is 6.07 Å². The molecule has 0 aromatic heterocycles. The van der Waals surface area contributed by atoms with Crippen LogP contribution in [0.3, 0.4) is 0 Å². The van der Waals surface area contributed by atoms with E-state index in [4.69, 9.17) is 9.47 Å². The van der Waals surface area contributed by atoms with Crippen LogP contribution >= 0.6 is 0 Å². The second kappa shape index (κ2) is 5.99. The molecule has 1 unspecified atom stereocenters. The largest absolute Gasteiger partial charge is 0.454 e. The van der Waals surface area contributed by atoms with E-state index in [0.29, 0.717) is 12.2 Å². The summed E-state index contributed by atoms with van der Waals surface area (Å²) in [6.07, 6.45) is 4.14. The molecule has 1 atom stereocenters. The predicted molar refractivity (Wildman–Crippen MR) is 90.8 cm³/mol. The molecule has 0 radical (unpaired) electrons. The van der Waals surface area contributed by atoms with Gasteiger partial charge < -0.3 is 9.47 Å². The summed E-state index contributed by atoms with van der Waals surface area (Å²) >= 11 is 0. The first kappa shape index (κ1) is 15.3. The molecule has 2 heterocycles. The number of ether oxygens (including phenoxy) is 2. The summed E-state index contributed by atoms with van der Waals surface area (Å²) in [5.41, 5.74) is 1.87. The highest BCUT2D eigenvalue weighted by Crippen LogP contribution is 2.39. The number of rotatable bonds is 3. The van der Waals surface area contributed by atoms with Crippen LogP contribution in [0.25, 0.3) is 0 Å². The van der Waals surface area contributed by atoms with Gasteiger partial charge in [-0.15, -0.1) is 0 Å². The van der Waals surface area contributed by atoms with Crippen molar-refractivity contribution in [2.75, 3.05) is 33.0 Å². The Balaban J connectivity index is 1.30. The van der Waals surface area contributed by atoms with E-state index < -0.39 is 0 Å². The number of hydrogen-bond acceptors (Lipinski definition) is 4. The topological polar surface area (TPSA) is 24.9 Å². The Morgan fingerprint density at radius 3 is 2.61 bits per heavy atom. The number of hydrogen-bond donors (Lipinski definition) is 0. The molecular weight excluding hydrogens is 288 g/mol. The molecule has 0 amide bonds. The van der Waals surface area contributed by atoms with Crippen LogP contribution in [0, 0.1) is 5.41 Å². The van der Waals surface area contributed by atoms with Gasteiger partial charge >= 0.3 is 0 Å². The molecule has 1 aromatic carbocycles. The summed E-state index contributed by atoms with van der Waals surface area (Å²) in [7, 11) is 0. The average molecular weight is 316 g/mol. The van der Waals surface area contributed by atoms with Crippen LogP contribution in [-0.4, -0.2) is 48.8 Å². The van der Waals surface area contributed by atoms with Gasteiger partial charge in [0.05, 0.1) is 0 Å². The summed E-state index contributed by atoms with van der Waals surface area (Å²) in [6, 6.07) is 7.15. The lowest BCUT2D eigenvalue weighted by atomic mass is 9.91. The normalized spacial score (nSPS) is 27.5. The monoisotopic (exact) mass is 316 g/mol. The molecular formula is C19H28N2O2. The fourth-order valence-electron chi connectivity index (χ4n) is 4.30. The Labute approximate surface area is 139 Å². The molecule has 1 saturated carbocycles. The zero-order chi connectivity index (χ0) is 15.9. The Morgan fingerprint density at radius 1 is 1.09 bits per heavy atom. The quantitative estimate of drug-likeness (QED) is 0.855. The van der Waals surface area contributed by atoms with Crippen molar-refractivity contribution in [3.8, 4) is 11.5 Å². The van der Waals surface area contributed by atoms with E-state index in [0.717, 1.165) is 24.1 Å². The van der Waals surface area contributed by atoms with Gasteiger partial charge in [0.1, 0.15) is 0 Å². The van der Waals surface area contributed by atoms with Crippen molar-refractivity contribution in [1.82, 2.24) is 9.80 Å². The van der Waals surface area contributed by atoms with Gasteiger partial charge in [-0.3, -0.25) is 9.80 Å². The maximum absolute atomic E-state index is 5.48. The molecule has 0 spiro atoms. The second-order valence-electron chi connectivity index (χ2n) is 8.06. The first-order chi connectivity index (χ1) is 11.1. The number of fused-ring (bicyclic) bond motifs is 1. The lowest BCUT2D eigenvalue weighted by molar-refractivity contribution is 0.0895. The number of piperazine rings is 1. The minimum absolute atomic E-state index is 0.356. The maximum Gasteiger partial charge on any atom is 0.231 e. The summed E-state index contributed by atoms with van der Waals surface area (Å²) in [4.78, 5) is 5.29. The minimum Gasteiger partial charge on any atom is -0.454 e. The molecule has 2 aliphatic heterocycles. The smallest absolute Gasteiger partial charge is 0.231 e. The van der Waals surface area contributed by atoms with Crippen molar-refractivity contribution in [2.24, 2.45) is 5.41 Å². The molecule has 1 aromatic rings. The van der Waals surface area contributed by atoms with Crippen molar-refractivity contribution in [3.05, 3.63) is 23.8 Å². The van der Waals surface area contributed by atoms with Crippen molar-refractivity contribution in [3.63, 3.8) is 0 Å². The highest BCUT2D eigenvalue weighted by molar-refractivity contribution is 5.44. The molecule has 23 heavy (non-hydrogen) atoms. The molecule has 126 valence electrons. The van der Waals surface area contributed by atoms with Gasteiger partial charge in [-0.25, -0.2) is 0 Å². The van der Waals surface area contributed by atoms with Crippen LogP contribution in [0.5, 0.6) is 11.5 Å². The molecule has 1 saturated heterocycles. The van der Waals surface area contributed by atoms with Crippen molar-refractivity contribution in [2.45, 2.75) is 45.7 Å². The average Bonchev–Trinajstić information content (AvgIpc) is 3.13. The molecule has 4 heteroatoms. The van der Waals surface area contributed by atoms with Gasteiger partial charge in [0.2, 0.25) is 6.79 Å². The molecule has 4 nitrogen and oxygen atoms in total. The summed E-state index contributed by atoms with van der Waals surface area (Å²) in [5, 5.41) is 0. The zero-order valence-electron chi connectivity index (χ0n) is 14.4. The fourth-order valence-corrected chi connectivity index (χ4v) is 4.30. The standard InChI is InChI=1S/C19H28N2O2/c1-19(2)6-5-16(12-19)21-9-7-20(8-10-21)13-15-3-4-17-18(11-15)23-14-22-17/h3-4,11,16H,5-10,12-14H2,1-2H3.